The Hall–Kier alpha value is -2.41. The van der Waals surface area contributed by atoms with Gasteiger partial charge in [0.2, 0.25) is 5.88 Å². The summed E-state index contributed by atoms with van der Waals surface area (Å²) in [4.78, 5) is 22.8. The lowest BCUT2D eigenvalue weighted by molar-refractivity contribution is -0.223. The van der Waals surface area contributed by atoms with Crippen LogP contribution in [0.2, 0.25) is 25.7 Å². The van der Waals surface area contributed by atoms with Crippen molar-refractivity contribution in [1.29, 1.82) is 0 Å². The van der Waals surface area contributed by atoms with Crippen molar-refractivity contribution in [2.45, 2.75) is 76.7 Å². The van der Waals surface area contributed by atoms with Crippen molar-refractivity contribution in [3.63, 3.8) is 0 Å². The first-order valence-corrected chi connectivity index (χ1v) is 15.3. The van der Waals surface area contributed by atoms with E-state index < -0.39 is 32.0 Å². The molecule has 1 aliphatic heterocycles. The molecule has 0 aliphatic carbocycles. The summed E-state index contributed by atoms with van der Waals surface area (Å²) in [5, 5.41) is 6.52. The number of rotatable bonds is 7. The molecule has 1 saturated heterocycles. The largest absolute Gasteiger partial charge is 0.480 e. The SMILES string of the molecule is COc1nc(C2CCN(C(=O)OC(C)(C)C)C2)nc2n[nH]c(C(OCC[Si](C)(C)C)C(F)(F)F)c12. The van der Waals surface area contributed by atoms with Crippen molar-refractivity contribution in [2.75, 3.05) is 26.8 Å². The van der Waals surface area contributed by atoms with Crippen LogP contribution in [-0.4, -0.2) is 77.8 Å². The Morgan fingerprint density at radius 2 is 1.91 bits per heavy atom. The molecule has 2 unspecified atom stereocenters. The number of amides is 1. The van der Waals surface area contributed by atoms with Gasteiger partial charge in [-0.15, -0.1) is 0 Å². The van der Waals surface area contributed by atoms with Gasteiger partial charge in [-0.1, -0.05) is 19.6 Å². The molecular weight excluding hydrogens is 483 g/mol. The summed E-state index contributed by atoms with van der Waals surface area (Å²) in [5.41, 5.74) is -0.848. The summed E-state index contributed by atoms with van der Waals surface area (Å²) in [6, 6.07) is 0.583. The molecule has 2 aromatic heterocycles. The van der Waals surface area contributed by atoms with Crippen LogP contribution in [0.4, 0.5) is 18.0 Å². The molecule has 0 spiro atoms. The highest BCUT2D eigenvalue weighted by atomic mass is 28.3. The van der Waals surface area contributed by atoms with Crippen LogP contribution in [0.15, 0.2) is 0 Å². The van der Waals surface area contributed by atoms with Gasteiger partial charge in [-0.2, -0.15) is 23.3 Å². The van der Waals surface area contributed by atoms with E-state index in [-0.39, 0.29) is 35.1 Å². The van der Waals surface area contributed by atoms with Crippen LogP contribution in [0.3, 0.4) is 0 Å². The third kappa shape index (κ3) is 6.84. The zero-order valence-electron chi connectivity index (χ0n) is 21.2. The zero-order valence-corrected chi connectivity index (χ0v) is 22.2. The number of H-pyrrole nitrogens is 1. The van der Waals surface area contributed by atoms with Crippen LogP contribution in [0.5, 0.6) is 5.88 Å². The predicted octanol–water partition coefficient (Wildman–Crippen LogP) is 5.04. The number of nitrogens with one attached hydrogen (secondary N) is 1. The molecule has 9 nitrogen and oxygen atoms in total. The summed E-state index contributed by atoms with van der Waals surface area (Å²) in [7, 11) is -0.262. The molecule has 1 amide bonds. The minimum absolute atomic E-state index is 0.0208. The molecule has 0 aromatic carbocycles. The average Bonchev–Trinajstić information content (AvgIpc) is 3.35. The van der Waals surface area contributed by atoms with Crippen LogP contribution >= 0.6 is 0 Å². The number of methoxy groups -OCH3 is 1. The van der Waals surface area contributed by atoms with Crippen LogP contribution in [0.1, 0.15) is 50.7 Å². The van der Waals surface area contributed by atoms with Gasteiger partial charge in [-0.3, -0.25) is 5.10 Å². The number of ether oxygens (including phenoxy) is 3. The number of alkyl halides is 3. The van der Waals surface area contributed by atoms with Crippen molar-refractivity contribution < 1.29 is 32.2 Å². The molecule has 13 heteroatoms. The summed E-state index contributed by atoms with van der Waals surface area (Å²) >= 11 is 0. The summed E-state index contributed by atoms with van der Waals surface area (Å²) in [5.74, 6) is 0.0987. The first kappa shape index (κ1) is 27.2. The molecule has 35 heavy (non-hydrogen) atoms. The first-order chi connectivity index (χ1) is 16.1. The molecule has 2 aromatic rings. The van der Waals surface area contributed by atoms with Crippen molar-refractivity contribution in [3.8, 4) is 5.88 Å². The normalized spacial score (nSPS) is 18.2. The van der Waals surface area contributed by atoms with Crippen LogP contribution in [0.25, 0.3) is 11.0 Å². The number of halogens is 3. The highest BCUT2D eigenvalue weighted by molar-refractivity contribution is 6.76. The zero-order chi connectivity index (χ0) is 26.2. The number of carbonyl (C=O) groups excluding carboxylic acids is 1. The third-order valence-corrected chi connectivity index (χ3v) is 7.22. The number of carbonyl (C=O) groups is 1. The molecule has 1 N–H and O–H groups in total. The minimum atomic E-state index is -4.66. The number of fused-ring (bicyclic) bond motifs is 1. The topological polar surface area (TPSA) is 102 Å². The smallest absolute Gasteiger partial charge is 0.420 e. The van der Waals surface area contributed by atoms with Gasteiger partial charge in [0.05, 0.1) is 12.8 Å². The van der Waals surface area contributed by atoms with E-state index in [0.29, 0.717) is 31.4 Å². The molecule has 3 heterocycles. The van der Waals surface area contributed by atoms with E-state index in [0.717, 1.165) is 0 Å². The summed E-state index contributed by atoms with van der Waals surface area (Å²) in [6.45, 7) is 12.3. The number of hydrogen-bond acceptors (Lipinski definition) is 7. The van der Waals surface area contributed by atoms with Gasteiger partial charge in [0.25, 0.3) is 0 Å². The van der Waals surface area contributed by atoms with Crippen molar-refractivity contribution in [1.82, 2.24) is 25.1 Å². The molecule has 196 valence electrons. The lowest BCUT2D eigenvalue weighted by Crippen LogP contribution is -2.35. The number of aromatic amines is 1. The Balaban J connectivity index is 1.88. The maximum Gasteiger partial charge on any atom is 0.420 e. The number of likely N-dealkylation sites (tertiary alicyclic amines) is 1. The predicted molar refractivity (Wildman–Crippen MR) is 126 cm³/mol. The molecule has 3 rings (SSSR count). The Kier molecular flexibility index (Phi) is 7.70. The fourth-order valence-electron chi connectivity index (χ4n) is 3.74. The molecule has 1 aliphatic rings. The van der Waals surface area contributed by atoms with Crippen molar-refractivity contribution in [3.05, 3.63) is 11.5 Å². The summed E-state index contributed by atoms with van der Waals surface area (Å²) < 4.78 is 57.9. The van der Waals surface area contributed by atoms with Gasteiger partial charge in [-0.05, 0) is 33.2 Å². The number of hydrogen-bond donors (Lipinski definition) is 1. The molecule has 2 atom stereocenters. The van der Waals surface area contributed by atoms with Gasteiger partial charge >= 0.3 is 12.3 Å². The second-order valence-electron chi connectivity index (χ2n) is 10.9. The Morgan fingerprint density at radius 1 is 1.23 bits per heavy atom. The van der Waals surface area contributed by atoms with Gasteiger partial charge < -0.3 is 19.1 Å². The molecule has 0 bridgehead atoms. The summed E-state index contributed by atoms with van der Waals surface area (Å²) in [6.07, 6.45) is -6.72. The molecular formula is C22H34F3N5O4Si. The average molecular weight is 518 g/mol. The van der Waals surface area contributed by atoms with Gasteiger partial charge in [0.1, 0.15) is 16.8 Å². The highest BCUT2D eigenvalue weighted by Crippen LogP contribution is 2.41. The van der Waals surface area contributed by atoms with E-state index in [4.69, 9.17) is 14.2 Å². The van der Waals surface area contributed by atoms with Gasteiger partial charge in [0, 0.05) is 33.7 Å². The van der Waals surface area contributed by atoms with Crippen molar-refractivity contribution >= 4 is 25.2 Å². The maximum absolute atomic E-state index is 13.9. The van der Waals surface area contributed by atoms with E-state index in [2.05, 4.69) is 39.8 Å². The molecule has 1 fully saturated rings. The second-order valence-corrected chi connectivity index (χ2v) is 16.6. The fraction of sp³-hybridized carbons (Fsp3) is 0.727. The number of nitrogens with zero attached hydrogens (tertiary/aromatic N) is 4. The monoisotopic (exact) mass is 517 g/mol. The van der Waals surface area contributed by atoms with E-state index >= 15 is 0 Å². The molecule has 0 radical (unpaired) electrons. The quantitative estimate of drug-likeness (QED) is 0.513. The fourth-order valence-corrected chi connectivity index (χ4v) is 4.47. The van der Waals surface area contributed by atoms with Gasteiger partial charge in [-0.25, -0.2) is 9.78 Å². The minimum Gasteiger partial charge on any atom is -0.480 e. The lowest BCUT2D eigenvalue weighted by Gasteiger charge is -2.24. The Labute approximate surface area is 203 Å². The van der Waals surface area contributed by atoms with Crippen LogP contribution < -0.4 is 4.74 Å². The van der Waals surface area contributed by atoms with E-state index in [9.17, 15) is 18.0 Å². The molecule has 0 saturated carbocycles. The van der Waals surface area contributed by atoms with Gasteiger partial charge in [0.15, 0.2) is 11.8 Å². The highest BCUT2D eigenvalue weighted by Gasteiger charge is 2.45. The first-order valence-electron chi connectivity index (χ1n) is 11.5. The van der Waals surface area contributed by atoms with E-state index in [1.807, 2.05) is 0 Å². The van der Waals surface area contributed by atoms with E-state index in [1.54, 1.807) is 25.7 Å². The van der Waals surface area contributed by atoms with Crippen LogP contribution in [0, 0.1) is 0 Å². The third-order valence-electron chi connectivity index (χ3n) is 5.52. The Bertz CT molecular complexity index is 1050. The number of aromatic nitrogens is 4. The standard InChI is InChI=1S/C22H34F3N5O4Si/c1-21(2,3)34-20(31)30-9-8-13(12-30)17-26-18-14(19(27-17)32-4)15(28-29-18)16(22(23,24)25)33-10-11-35(5,6)7/h13,16H,8-12H2,1-7H3,(H,26,27,28,29). The van der Waals surface area contributed by atoms with E-state index in [1.165, 1.54) is 7.11 Å². The second kappa shape index (κ2) is 9.92. The lowest BCUT2D eigenvalue weighted by atomic mass is 10.1. The Morgan fingerprint density at radius 3 is 2.49 bits per heavy atom. The maximum atomic E-state index is 13.9. The van der Waals surface area contributed by atoms with Crippen LogP contribution in [-0.2, 0) is 9.47 Å². The van der Waals surface area contributed by atoms with Crippen molar-refractivity contribution in [2.24, 2.45) is 0 Å².